The van der Waals surface area contributed by atoms with Crippen molar-refractivity contribution in [1.82, 2.24) is 28.0 Å². The topological polar surface area (TPSA) is 274 Å². The molecule has 0 bridgehead atoms. The number of Topliss-reactive ketones (excluding diaryl/α,β-unsaturated/α-hetero) is 2. The molecule has 4 aromatic heterocycles. The number of nitrogens with two attached hydrogens (primary N) is 1. The van der Waals surface area contributed by atoms with E-state index >= 15 is 0 Å². The SMILES string of the molecule is CC(=O)c1nsc2cc(C)ccc12.CNOC.CON(C)C(=O)c1nsc2cc(C)ccc12.Cc1ccc2c(C(=O)O)nsc2c1.Cc1ccc2c(C(N)=O)nsc2c1.Cc1ccc2c(c1)SC(=O)C2=O.Cc1cccc(S)c1.OO. The molecule has 11 rings (SSSR count). The molecule has 10 aromatic rings. The van der Waals surface area contributed by atoms with Gasteiger partial charge >= 0.3 is 5.97 Å². The van der Waals surface area contributed by atoms with E-state index in [2.05, 4.69) is 59.5 Å². The number of benzene rings is 6. The van der Waals surface area contributed by atoms with Crippen molar-refractivity contribution in [3.05, 3.63) is 177 Å². The van der Waals surface area contributed by atoms with E-state index < -0.39 is 11.9 Å². The lowest BCUT2D eigenvalue weighted by molar-refractivity contribution is -0.176. The van der Waals surface area contributed by atoms with Crippen molar-refractivity contribution in [1.29, 1.82) is 0 Å². The summed E-state index contributed by atoms with van der Waals surface area (Å²) >= 11 is 10.4. The summed E-state index contributed by atoms with van der Waals surface area (Å²) in [5.74, 6) is -1.98. The average molecular weight is 1210 g/mol. The van der Waals surface area contributed by atoms with Crippen LogP contribution in [0.25, 0.3) is 40.3 Å². The molecule has 6 aromatic carbocycles. The van der Waals surface area contributed by atoms with Gasteiger partial charge in [-0.05, 0) is 176 Å². The maximum atomic E-state index is 11.9. The molecule has 0 unspecified atom stereocenters. The summed E-state index contributed by atoms with van der Waals surface area (Å²) in [5.41, 5.74) is 16.7. The number of amides is 2. The Balaban J connectivity index is 0.000000206. The lowest BCUT2D eigenvalue weighted by Gasteiger charge is -2.11. The first-order valence-corrected chi connectivity index (χ1v) is 28.3. The van der Waals surface area contributed by atoms with Gasteiger partial charge in [0.25, 0.3) is 16.9 Å². The van der Waals surface area contributed by atoms with Crippen molar-refractivity contribution in [3.63, 3.8) is 0 Å². The number of ketones is 2. The number of carbonyl (C=O) groups is 6. The number of hydroxylamine groups is 3. The summed E-state index contributed by atoms with van der Waals surface area (Å²) < 4.78 is 20.2. The first-order chi connectivity index (χ1) is 38.6. The van der Waals surface area contributed by atoms with E-state index in [1.807, 2.05) is 126 Å². The molecule has 424 valence electrons. The van der Waals surface area contributed by atoms with Crippen molar-refractivity contribution in [2.75, 3.05) is 28.3 Å². The molecule has 0 saturated heterocycles. The zero-order valence-electron chi connectivity index (χ0n) is 45.9. The Kier molecular flexibility index (Phi) is 26.4. The van der Waals surface area contributed by atoms with Crippen LogP contribution in [0.5, 0.6) is 0 Å². The summed E-state index contributed by atoms with van der Waals surface area (Å²) in [6.07, 6.45) is 0. The molecule has 0 radical (unpaired) electrons. The Labute approximate surface area is 493 Å². The van der Waals surface area contributed by atoms with E-state index in [9.17, 15) is 28.8 Å². The van der Waals surface area contributed by atoms with E-state index in [0.29, 0.717) is 22.6 Å². The maximum Gasteiger partial charge on any atom is 0.356 e. The lowest BCUT2D eigenvalue weighted by Crippen LogP contribution is -2.25. The second kappa shape index (κ2) is 32.3. The number of thiol groups is 1. The fourth-order valence-electron chi connectivity index (χ4n) is 6.94. The second-order valence-electron chi connectivity index (χ2n) is 17.3. The van der Waals surface area contributed by atoms with Crippen molar-refractivity contribution in [2.24, 2.45) is 5.73 Å². The van der Waals surface area contributed by atoms with Gasteiger partial charge in [0.1, 0.15) is 11.4 Å². The highest BCUT2D eigenvalue weighted by Crippen LogP contribution is 2.33. The largest absolute Gasteiger partial charge is 0.476 e. The van der Waals surface area contributed by atoms with E-state index in [1.54, 1.807) is 40.3 Å². The number of carbonyl (C=O) groups excluding carboxylic acids is 5. The average Bonchev–Trinajstić information content (AvgIpc) is 4.37. The van der Waals surface area contributed by atoms with Crippen molar-refractivity contribution < 1.29 is 54.1 Å². The van der Waals surface area contributed by atoms with Gasteiger partial charge in [-0.15, -0.1) is 12.6 Å². The molecule has 0 aliphatic carbocycles. The van der Waals surface area contributed by atoms with Crippen LogP contribution < -0.4 is 11.2 Å². The maximum absolute atomic E-state index is 11.9. The van der Waals surface area contributed by atoms with E-state index in [0.717, 1.165) is 84.2 Å². The first kappa shape index (κ1) is 66.3. The number of fused-ring (bicyclic) bond motifs is 5. The lowest BCUT2D eigenvalue weighted by atomic mass is 10.1. The van der Waals surface area contributed by atoms with Crippen LogP contribution in [0.1, 0.15) is 92.6 Å². The normalized spacial score (nSPS) is 10.8. The third-order valence-electron chi connectivity index (χ3n) is 11.0. The van der Waals surface area contributed by atoms with Gasteiger partial charge in [-0.25, -0.2) is 15.3 Å². The zero-order valence-corrected chi connectivity index (χ0v) is 50.9. The number of carboxylic acids is 1. The summed E-state index contributed by atoms with van der Waals surface area (Å²) in [6, 6.07) is 36.9. The van der Waals surface area contributed by atoms with Gasteiger partial charge in [0.15, 0.2) is 17.2 Å². The fraction of sp³-hybridized carbons (Fsp3) is 0.193. The predicted octanol–water partition coefficient (Wildman–Crippen LogP) is 12.9. The summed E-state index contributed by atoms with van der Waals surface area (Å²) in [4.78, 5) is 77.7. The van der Waals surface area contributed by atoms with Crippen LogP contribution in [0.4, 0.5) is 0 Å². The Bertz CT molecular complexity index is 3590. The fourth-order valence-corrected chi connectivity index (χ4v) is 11.7. The number of hydrogen-bond acceptors (Lipinski definition) is 21. The van der Waals surface area contributed by atoms with Crippen LogP contribution in [0.2, 0.25) is 0 Å². The molecule has 0 saturated carbocycles. The smallest absolute Gasteiger partial charge is 0.356 e. The van der Waals surface area contributed by atoms with Crippen LogP contribution in [0.3, 0.4) is 0 Å². The van der Waals surface area contributed by atoms with Crippen LogP contribution in [-0.2, 0) is 14.5 Å². The molecule has 0 spiro atoms. The third kappa shape index (κ3) is 18.9. The van der Waals surface area contributed by atoms with E-state index in [4.69, 9.17) is 26.2 Å². The number of nitrogens with zero attached hydrogens (tertiary/aromatic N) is 5. The number of aromatic nitrogens is 4. The van der Waals surface area contributed by atoms with Gasteiger partial charge in [-0.3, -0.25) is 39.3 Å². The number of aromatic carboxylic acids is 1. The van der Waals surface area contributed by atoms with Crippen LogP contribution >= 0.6 is 70.5 Å². The minimum atomic E-state index is -0.963. The number of nitrogens with one attached hydrogen (secondary N) is 1. The Morgan fingerprint density at radius 2 is 0.963 bits per heavy atom. The van der Waals surface area contributed by atoms with Gasteiger partial charge in [0.05, 0.1) is 33.0 Å². The van der Waals surface area contributed by atoms with Crippen molar-refractivity contribution >= 4 is 145 Å². The summed E-state index contributed by atoms with van der Waals surface area (Å²) in [5, 5.41) is 25.0. The Morgan fingerprint density at radius 3 is 1.36 bits per heavy atom. The monoisotopic (exact) mass is 1210 g/mol. The molecule has 24 heteroatoms. The van der Waals surface area contributed by atoms with Gasteiger partial charge < -0.3 is 15.7 Å². The highest BCUT2D eigenvalue weighted by Gasteiger charge is 2.29. The highest BCUT2D eigenvalue weighted by atomic mass is 32.2. The van der Waals surface area contributed by atoms with Gasteiger partial charge in [0, 0.05) is 57.9 Å². The molecule has 2 amide bonds. The van der Waals surface area contributed by atoms with Crippen molar-refractivity contribution in [3.8, 4) is 0 Å². The minimum Gasteiger partial charge on any atom is -0.476 e. The van der Waals surface area contributed by atoms with Gasteiger partial charge in [-0.1, -0.05) is 72.3 Å². The number of hydrogen-bond donors (Lipinski definition) is 6. The number of primary amides is 1. The molecule has 0 fully saturated rings. The van der Waals surface area contributed by atoms with Gasteiger partial charge in [-0.2, -0.15) is 17.5 Å². The molecule has 1 aliphatic rings. The molecular weight excluding hydrogens is 1150 g/mol. The third-order valence-corrected chi connectivity index (χ3v) is 15.5. The highest BCUT2D eigenvalue weighted by molar-refractivity contribution is 8.16. The van der Waals surface area contributed by atoms with Gasteiger partial charge in [0.2, 0.25) is 5.78 Å². The molecule has 1 aliphatic heterocycles. The molecule has 5 heterocycles. The zero-order chi connectivity index (χ0) is 60.1. The summed E-state index contributed by atoms with van der Waals surface area (Å²) in [7, 11) is 6.30. The van der Waals surface area contributed by atoms with Crippen LogP contribution in [0.15, 0.2) is 125 Å². The molecular formula is C57H59N7O11S6. The molecule has 6 N–H and O–H groups in total. The molecule has 81 heavy (non-hydrogen) atoms. The standard InChI is InChI=1S/C11H12N2O2S.C10H9NOS.C9H8N2OS.C9H7NO2S.C9H6O2S.C7H8S.C2H7NO.H2O2/c1-7-4-5-8-9(6-7)16-12-10(8)11(14)13(2)15-3;1-6-3-4-8-9(5-6)13-11-10(8)7(2)12;1-5-2-3-6-7(4-5)13-11-8(6)9(10)12;1-5-2-3-6-7(4-5)13-10-8(6)9(11)12;1-5-2-3-6-7(4-5)12-9(11)8(6)10;1-6-3-2-4-7(8)5-6;1-3-4-2;1-2/h4-6H,1-3H3;3-5H,1-2H3;2-4H,1H3,(H2,10,12);2-4H,1H3,(H,11,12);2-4H,1H3;2-5,8H,1H3;3H,1-2H3;1-2H. The number of aryl methyl sites for hydroxylation is 6. The van der Waals surface area contributed by atoms with Crippen LogP contribution in [-0.4, -0.2) is 101 Å². The molecule has 0 atom stereocenters. The van der Waals surface area contributed by atoms with E-state index in [-0.39, 0.29) is 28.3 Å². The first-order valence-electron chi connectivity index (χ1n) is 23.9. The number of carboxylic acid groups (broad SMARTS) is 1. The minimum absolute atomic E-state index is 0.0371. The van der Waals surface area contributed by atoms with Crippen molar-refractivity contribution in [2.45, 2.75) is 58.3 Å². The quantitative estimate of drug-likeness (QED) is 0.0297. The Hall–Kier alpha value is -7.20. The van der Waals surface area contributed by atoms with E-state index in [1.165, 1.54) is 69.4 Å². The predicted molar refractivity (Wildman–Crippen MR) is 328 cm³/mol. The molecule has 18 nitrogen and oxygen atoms in total. The second-order valence-corrected chi connectivity index (χ2v) is 22.1. The Morgan fingerprint density at radius 1 is 0.580 bits per heavy atom. The summed E-state index contributed by atoms with van der Waals surface area (Å²) in [6.45, 7) is 13.6. The number of thioether (sulfide) groups is 1. The number of rotatable bonds is 6. The van der Waals surface area contributed by atoms with Crippen LogP contribution in [0, 0.1) is 41.5 Å².